The monoisotopic (exact) mass is 276 g/mol. The summed E-state index contributed by atoms with van der Waals surface area (Å²) in [6.07, 6.45) is 1.56. The second-order valence-electron chi connectivity index (χ2n) is 5.36. The molecule has 0 fully saturated rings. The third-order valence-electron chi connectivity index (χ3n) is 2.50. The molecule has 4 nitrogen and oxygen atoms in total. The average molecular weight is 277 g/mol. The van der Waals surface area contributed by atoms with Crippen molar-refractivity contribution in [1.82, 2.24) is 10.6 Å². The molecule has 0 aromatic heterocycles. The predicted octanol–water partition coefficient (Wildman–Crippen LogP) is 1.92. The zero-order valence-electron chi connectivity index (χ0n) is 11.8. The van der Waals surface area contributed by atoms with Crippen molar-refractivity contribution in [2.75, 3.05) is 12.4 Å². The molecule has 0 aliphatic rings. The summed E-state index contributed by atoms with van der Waals surface area (Å²) >= 11 is 5.44. The minimum absolute atomic E-state index is 0.117. The van der Waals surface area contributed by atoms with E-state index in [-0.39, 0.29) is 17.7 Å². The van der Waals surface area contributed by atoms with Gasteiger partial charge in [-0.3, -0.25) is 9.59 Å². The van der Waals surface area contributed by atoms with Crippen molar-refractivity contribution in [2.45, 2.75) is 46.6 Å². The Kier molecular flexibility index (Phi) is 8.81. The largest absolute Gasteiger partial charge is 0.354 e. The Morgan fingerprint density at radius 1 is 1.11 bits per heavy atom. The summed E-state index contributed by atoms with van der Waals surface area (Å²) in [5.41, 5.74) is 0. The fraction of sp³-hybridized carbons (Fsp3) is 0.846. The van der Waals surface area contributed by atoms with Crippen LogP contribution in [0.5, 0.6) is 0 Å². The molecule has 0 heterocycles. The van der Waals surface area contributed by atoms with E-state index in [9.17, 15) is 9.59 Å². The van der Waals surface area contributed by atoms with Crippen molar-refractivity contribution in [1.29, 1.82) is 0 Å². The molecule has 0 aliphatic carbocycles. The third kappa shape index (κ3) is 8.34. The number of carbonyl (C=O) groups excluding carboxylic acids is 2. The topological polar surface area (TPSA) is 58.2 Å². The van der Waals surface area contributed by atoms with Crippen molar-refractivity contribution < 1.29 is 9.59 Å². The lowest BCUT2D eigenvalue weighted by atomic mass is 10.0. The van der Waals surface area contributed by atoms with Crippen LogP contribution in [0.25, 0.3) is 0 Å². The highest BCUT2D eigenvalue weighted by molar-refractivity contribution is 6.27. The normalized spacial score (nSPS) is 12.6. The van der Waals surface area contributed by atoms with Crippen molar-refractivity contribution >= 4 is 23.4 Å². The first kappa shape index (κ1) is 17.2. The zero-order chi connectivity index (χ0) is 14.1. The molecule has 0 saturated carbocycles. The highest BCUT2D eigenvalue weighted by atomic mass is 35.5. The van der Waals surface area contributed by atoms with Gasteiger partial charge in [0.25, 0.3) is 0 Å². The molecule has 0 radical (unpaired) electrons. The van der Waals surface area contributed by atoms with Crippen LogP contribution in [0.4, 0.5) is 0 Å². The fourth-order valence-corrected chi connectivity index (χ4v) is 1.62. The molecule has 18 heavy (non-hydrogen) atoms. The maximum Gasteiger partial charge on any atom is 0.242 e. The molecule has 106 valence electrons. The highest BCUT2D eigenvalue weighted by Crippen LogP contribution is 2.05. The smallest absolute Gasteiger partial charge is 0.242 e. The number of alkyl halides is 1. The standard InChI is InChI=1S/C13H25ClN2O2/c1-9(2)5-6-15-13(18)11(7-10(3)4)16-12(17)8-14/h9-11H,5-8H2,1-4H3,(H,15,18)(H,16,17)/t11-/m0/s1. The molecule has 0 aliphatic heterocycles. The first-order valence-electron chi connectivity index (χ1n) is 6.49. The lowest BCUT2D eigenvalue weighted by Crippen LogP contribution is -2.48. The van der Waals surface area contributed by atoms with Gasteiger partial charge in [-0.1, -0.05) is 27.7 Å². The summed E-state index contributed by atoms with van der Waals surface area (Å²) in [5, 5.41) is 5.51. The van der Waals surface area contributed by atoms with Gasteiger partial charge < -0.3 is 10.6 Å². The minimum Gasteiger partial charge on any atom is -0.354 e. The van der Waals surface area contributed by atoms with Gasteiger partial charge in [0, 0.05) is 6.54 Å². The minimum atomic E-state index is -0.483. The van der Waals surface area contributed by atoms with Gasteiger partial charge in [-0.15, -0.1) is 11.6 Å². The number of rotatable bonds is 8. The van der Waals surface area contributed by atoms with Gasteiger partial charge >= 0.3 is 0 Å². The Morgan fingerprint density at radius 3 is 2.17 bits per heavy atom. The first-order chi connectivity index (χ1) is 8.36. The number of amides is 2. The van der Waals surface area contributed by atoms with Crippen LogP contribution in [-0.4, -0.2) is 30.3 Å². The van der Waals surface area contributed by atoms with Crippen LogP contribution < -0.4 is 10.6 Å². The van der Waals surface area contributed by atoms with Gasteiger partial charge in [-0.25, -0.2) is 0 Å². The second-order valence-corrected chi connectivity index (χ2v) is 5.62. The van der Waals surface area contributed by atoms with E-state index in [0.29, 0.717) is 24.8 Å². The summed E-state index contributed by atoms with van der Waals surface area (Å²) in [7, 11) is 0. The van der Waals surface area contributed by atoms with Crippen LogP contribution in [0, 0.1) is 11.8 Å². The Labute approximate surface area is 115 Å². The molecule has 5 heteroatoms. The van der Waals surface area contributed by atoms with Crippen molar-refractivity contribution in [3.63, 3.8) is 0 Å². The Morgan fingerprint density at radius 2 is 1.72 bits per heavy atom. The maximum atomic E-state index is 11.9. The van der Waals surface area contributed by atoms with Gasteiger partial charge in [0.05, 0.1) is 0 Å². The lowest BCUT2D eigenvalue weighted by molar-refractivity contribution is -0.128. The van der Waals surface area contributed by atoms with Crippen LogP contribution in [-0.2, 0) is 9.59 Å². The molecule has 0 bridgehead atoms. The summed E-state index contributed by atoms with van der Waals surface area (Å²) in [5.74, 6) is 0.338. The number of hydrogen-bond donors (Lipinski definition) is 2. The van der Waals surface area contributed by atoms with Gasteiger partial charge in [-0.2, -0.15) is 0 Å². The maximum absolute atomic E-state index is 11.9. The third-order valence-corrected chi connectivity index (χ3v) is 2.74. The van der Waals surface area contributed by atoms with Crippen LogP contribution in [0.15, 0.2) is 0 Å². The summed E-state index contributed by atoms with van der Waals surface area (Å²) in [4.78, 5) is 23.2. The summed E-state index contributed by atoms with van der Waals surface area (Å²) in [6, 6.07) is -0.483. The van der Waals surface area contributed by atoms with Crippen molar-refractivity contribution in [2.24, 2.45) is 11.8 Å². The zero-order valence-corrected chi connectivity index (χ0v) is 12.5. The molecule has 2 N–H and O–H groups in total. The Hall–Kier alpha value is -0.770. The molecular weight excluding hydrogens is 252 g/mol. The van der Waals surface area contributed by atoms with Gasteiger partial charge in [0.1, 0.15) is 11.9 Å². The first-order valence-corrected chi connectivity index (χ1v) is 7.03. The average Bonchev–Trinajstić information content (AvgIpc) is 2.26. The number of nitrogens with one attached hydrogen (secondary N) is 2. The SMILES string of the molecule is CC(C)CCNC(=O)[C@H](CC(C)C)NC(=O)CCl. The molecule has 2 amide bonds. The van der Waals surface area contributed by atoms with Gasteiger partial charge in [0.2, 0.25) is 11.8 Å². The predicted molar refractivity (Wildman–Crippen MR) is 74.6 cm³/mol. The fourth-order valence-electron chi connectivity index (χ4n) is 1.54. The molecule has 0 unspecified atom stereocenters. The van der Waals surface area contributed by atoms with Crippen LogP contribution in [0.3, 0.4) is 0 Å². The number of carbonyl (C=O) groups is 2. The molecule has 0 saturated heterocycles. The molecule has 1 atom stereocenters. The molecular formula is C13H25ClN2O2. The van der Waals surface area contributed by atoms with E-state index >= 15 is 0 Å². The van der Waals surface area contributed by atoms with E-state index in [1.807, 2.05) is 13.8 Å². The summed E-state index contributed by atoms with van der Waals surface area (Å²) in [6.45, 7) is 8.88. The van der Waals surface area contributed by atoms with E-state index < -0.39 is 6.04 Å². The quantitative estimate of drug-likeness (QED) is 0.666. The van der Waals surface area contributed by atoms with Crippen molar-refractivity contribution in [3.8, 4) is 0 Å². The van der Waals surface area contributed by atoms with Gasteiger partial charge in [0.15, 0.2) is 0 Å². The second kappa shape index (κ2) is 9.20. The molecule has 0 rings (SSSR count). The van der Waals surface area contributed by atoms with E-state index in [0.717, 1.165) is 6.42 Å². The molecule has 0 spiro atoms. The van der Waals surface area contributed by atoms with E-state index in [4.69, 9.17) is 11.6 Å². The van der Waals surface area contributed by atoms with Gasteiger partial charge in [-0.05, 0) is 24.7 Å². The Balaban J connectivity index is 4.26. The van der Waals surface area contributed by atoms with E-state index in [1.165, 1.54) is 0 Å². The highest BCUT2D eigenvalue weighted by Gasteiger charge is 2.21. The van der Waals surface area contributed by atoms with Crippen molar-refractivity contribution in [3.05, 3.63) is 0 Å². The molecule has 0 aromatic carbocycles. The van der Waals surface area contributed by atoms with Crippen LogP contribution >= 0.6 is 11.6 Å². The number of halogens is 1. The number of hydrogen-bond acceptors (Lipinski definition) is 2. The summed E-state index contributed by atoms with van der Waals surface area (Å²) < 4.78 is 0. The van der Waals surface area contributed by atoms with Crippen LogP contribution in [0.2, 0.25) is 0 Å². The van der Waals surface area contributed by atoms with Crippen LogP contribution in [0.1, 0.15) is 40.5 Å². The lowest BCUT2D eigenvalue weighted by Gasteiger charge is -2.20. The van der Waals surface area contributed by atoms with E-state index in [1.54, 1.807) is 0 Å². The Bertz CT molecular complexity index is 268. The molecule has 0 aromatic rings. The van der Waals surface area contributed by atoms with E-state index in [2.05, 4.69) is 24.5 Å².